The van der Waals surface area contributed by atoms with Crippen molar-refractivity contribution in [1.82, 2.24) is 0 Å². The van der Waals surface area contributed by atoms with Crippen LogP contribution in [-0.4, -0.2) is 24.2 Å². The molecule has 1 aromatic carbocycles. The highest BCUT2D eigenvalue weighted by atomic mass is 32.1. The van der Waals surface area contributed by atoms with Crippen molar-refractivity contribution in [2.24, 2.45) is 0 Å². The Kier molecular flexibility index (Phi) is 3.14. The van der Waals surface area contributed by atoms with E-state index in [0.717, 1.165) is 0 Å². The molecule has 0 unspecified atom stereocenters. The molecule has 0 aromatic heterocycles. The van der Waals surface area contributed by atoms with Gasteiger partial charge < -0.3 is 9.84 Å². The Balaban J connectivity index is 3.19. The van der Waals surface area contributed by atoms with E-state index in [0.29, 0.717) is 4.90 Å². The highest BCUT2D eigenvalue weighted by molar-refractivity contribution is 7.80. The van der Waals surface area contributed by atoms with Crippen LogP contribution >= 0.6 is 12.6 Å². The lowest BCUT2D eigenvalue weighted by Crippen LogP contribution is -2.05. The summed E-state index contributed by atoms with van der Waals surface area (Å²) in [5.41, 5.74) is 0.180. The van der Waals surface area contributed by atoms with E-state index in [4.69, 9.17) is 5.11 Å². The van der Waals surface area contributed by atoms with E-state index < -0.39 is 11.9 Å². The average molecular weight is 212 g/mol. The van der Waals surface area contributed by atoms with Crippen molar-refractivity contribution in [2.75, 3.05) is 7.11 Å². The predicted octanol–water partition coefficient (Wildman–Crippen LogP) is 1.46. The number of carboxylic acids is 1. The summed E-state index contributed by atoms with van der Waals surface area (Å²) in [6.07, 6.45) is 0. The van der Waals surface area contributed by atoms with Crippen LogP contribution in [0.2, 0.25) is 0 Å². The molecule has 0 bridgehead atoms. The number of benzene rings is 1. The maximum Gasteiger partial charge on any atom is 0.337 e. The second-order valence-corrected chi connectivity index (χ2v) is 3.01. The fraction of sp³-hybridized carbons (Fsp3) is 0.111. The third-order valence-corrected chi connectivity index (χ3v) is 2.04. The molecule has 0 heterocycles. The van der Waals surface area contributed by atoms with Crippen molar-refractivity contribution in [1.29, 1.82) is 0 Å². The molecular formula is C9H8O4S. The molecule has 0 fully saturated rings. The van der Waals surface area contributed by atoms with Crippen LogP contribution in [0.1, 0.15) is 20.7 Å². The summed E-state index contributed by atoms with van der Waals surface area (Å²) in [5, 5.41) is 8.74. The minimum absolute atomic E-state index is 0.0174. The van der Waals surface area contributed by atoms with E-state index in [1.165, 1.54) is 25.3 Å². The zero-order valence-electron chi connectivity index (χ0n) is 7.35. The topological polar surface area (TPSA) is 63.6 Å². The molecule has 74 valence electrons. The standard InChI is InChI=1S/C9H8O4S/c1-13-9(12)5-2-3-7(14)6(4-5)8(10)11/h2-4,14H,1H3,(H,10,11). The minimum atomic E-state index is -1.12. The number of carbonyl (C=O) groups excluding carboxylic acids is 1. The first kappa shape index (κ1) is 10.6. The number of carbonyl (C=O) groups is 2. The van der Waals surface area contributed by atoms with Gasteiger partial charge in [0.2, 0.25) is 0 Å². The van der Waals surface area contributed by atoms with Gasteiger partial charge in [0.1, 0.15) is 0 Å². The summed E-state index contributed by atoms with van der Waals surface area (Å²) >= 11 is 3.95. The van der Waals surface area contributed by atoms with Crippen molar-refractivity contribution < 1.29 is 19.4 Å². The first-order valence-electron chi connectivity index (χ1n) is 3.71. The van der Waals surface area contributed by atoms with E-state index in [1.807, 2.05) is 0 Å². The largest absolute Gasteiger partial charge is 0.478 e. The van der Waals surface area contributed by atoms with Crippen molar-refractivity contribution >= 4 is 24.6 Å². The molecule has 0 spiro atoms. The van der Waals surface area contributed by atoms with Crippen LogP contribution in [-0.2, 0) is 4.74 Å². The van der Waals surface area contributed by atoms with Crippen molar-refractivity contribution in [3.05, 3.63) is 29.3 Å². The van der Waals surface area contributed by atoms with Gasteiger partial charge in [0.15, 0.2) is 0 Å². The van der Waals surface area contributed by atoms with Gasteiger partial charge in [-0.15, -0.1) is 12.6 Å². The number of carboxylic acid groups (broad SMARTS) is 1. The Morgan fingerprint density at radius 2 is 2.07 bits per heavy atom. The molecular weight excluding hydrogens is 204 g/mol. The molecule has 0 atom stereocenters. The molecule has 14 heavy (non-hydrogen) atoms. The monoisotopic (exact) mass is 212 g/mol. The van der Waals surface area contributed by atoms with E-state index in [9.17, 15) is 9.59 Å². The van der Waals surface area contributed by atoms with Crippen molar-refractivity contribution in [3.8, 4) is 0 Å². The van der Waals surface area contributed by atoms with E-state index in [2.05, 4.69) is 17.4 Å². The first-order valence-corrected chi connectivity index (χ1v) is 4.15. The molecule has 0 saturated carbocycles. The predicted molar refractivity (Wildman–Crippen MR) is 52.0 cm³/mol. The van der Waals surface area contributed by atoms with Gasteiger partial charge >= 0.3 is 11.9 Å². The molecule has 0 saturated heterocycles. The van der Waals surface area contributed by atoms with Crippen LogP contribution in [0.3, 0.4) is 0 Å². The Morgan fingerprint density at radius 3 is 2.57 bits per heavy atom. The molecule has 0 aliphatic carbocycles. The van der Waals surface area contributed by atoms with Crippen LogP contribution in [0, 0.1) is 0 Å². The summed E-state index contributed by atoms with van der Waals surface area (Å²) in [7, 11) is 1.23. The number of ether oxygens (including phenoxy) is 1. The summed E-state index contributed by atoms with van der Waals surface area (Å²) in [6, 6.07) is 4.13. The Bertz CT molecular complexity index is 386. The van der Waals surface area contributed by atoms with E-state index in [1.54, 1.807) is 0 Å². The number of rotatable bonds is 2. The van der Waals surface area contributed by atoms with Crippen LogP contribution in [0.4, 0.5) is 0 Å². The molecule has 0 amide bonds. The average Bonchev–Trinajstić information content (AvgIpc) is 2.17. The second kappa shape index (κ2) is 4.15. The van der Waals surface area contributed by atoms with Gasteiger partial charge in [0.25, 0.3) is 0 Å². The molecule has 1 N–H and O–H groups in total. The smallest absolute Gasteiger partial charge is 0.337 e. The van der Waals surface area contributed by atoms with Crippen LogP contribution in [0.5, 0.6) is 0 Å². The number of hydrogen-bond acceptors (Lipinski definition) is 4. The van der Waals surface area contributed by atoms with Crippen LogP contribution in [0.15, 0.2) is 23.1 Å². The number of esters is 1. The van der Waals surface area contributed by atoms with Gasteiger partial charge in [-0.05, 0) is 18.2 Å². The maximum absolute atomic E-state index is 11.1. The lowest BCUT2D eigenvalue weighted by atomic mass is 10.1. The quantitative estimate of drug-likeness (QED) is 0.575. The molecule has 1 rings (SSSR count). The first-order chi connectivity index (χ1) is 6.56. The third kappa shape index (κ3) is 2.05. The van der Waals surface area contributed by atoms with Crippen molar-refractivity contribution in [3.63, 3.8) is 0 Å². The summed E-state index contributed by atoms with van der Waals surface area (Å²) in [5.74, 6) is -1.69. The van der Waals surface area contributed by atoms with Crippen molar-refractivity contribution in [2.45, 2.75) is 4.90 Å². The Morgan fingerprint density at radius 1 is 1.43 bits per heavy atom. The highest BCUT2D eigenvalue weighted by Gasteiger charge is 2.12. The number of methoxy groups -OCH3 is 1. The minimum Gasteiger partial charge on any atom is -0.478 e. The summed E-state index contributed by atoms with van der Waals surface area (Å²) in [6.45, 7) is 0. The molecule has 4 nitrogen and oxygen atoms in total. The Labute approximate surface area is 85.9 Å². The molecule has 0 radical (unpaired) electrons. The summed E-state index contributed by atoms with van der Waals surface area (Å²) in [4.78, 5) is 22.1. The number of aromatic carboxylic acids is 1. The molecule has 5 heteroatoms. The van der Waals surface area contributed by atoms with Crippen LogP contribution < -0.4 is 0 Å². The second-order valence-electron chi connectivity index (χ2n) is 2.53. The lowest BCUT2D eigenvalue weighted by Gasteiger charge is -2.02. The fourth-order valence-corrected chi connectivity index (χ4v) is 1.19. The molecule has 0 aliphatic heterocycles. The van der Waals surface area contributed by atoms with Gasteiger partial charge in [0.05, 0.1) is 18.2 Å². The van der Waals surface area contributed by atoms with Gasteiger partial charge in [0, 0.05) is 4.90 Å². The van der Waals surface area contributed by atoms with Gasteiger partial charge in [-0.1, -0.05) is 0 Å². The van der Waals surface area contributed by atoms with Gasteiger partial charge in [-0.3, -0.25) is 0 Å². The summed E-state index contributed by atoms with van der Waals surface area (Å²) < 4.78 is 4.45. The highest BCUT2D eigenvalue weighted by Crippen LogP contribution is 2.16. The zero-order chi connectivity index (χ0) is 10.7. The van der Waals surface area contributed by atoms with Gasteiger partial charge in [-0.25, -0.2) is 9.59 Å². The SMILES string of the molecule is COC(=O)c1ccc(S)c(C(=O)O)c1. The Hall–Kier alpha value is -1.49. The van der Waals surface area contributed by atoms with E-state index >= 15 is 0 Å². The lowest BCUT2D eigenvalue weighted by molar-refractivity contribution is 0.0600. The van der Waals surface area contributed by atoms with Crippen LogP contribution in [0.25, 0.3) is 0 Å². The van der Waals surface area contributed by atoms with E-state index in [-0.39, 0.29) is 11.1 Å². The van der Waals surface area contributed by atoms with Gasteiger partial charge in [-0.2, -0.15) is 0 Å². The molecule has 0 aliphatic rings. The third-order valence-electron chi connectivity index (χ3n) is 1.65. The maximum atomic E-state index is 11.1. The molecule has 1 aromatic rings. The normalized spacial score (nSPS) is 9.57. The number of hydrogen-bond donors (Lipinski definition) is 2. The number of thiol groups is 1. The zero-order valence-corrected chi connectivity index (χ0v) is 8.25. The fourth-order valence-electron chi connectivity index (χ4n) is 0.952.